The summed E-state index contributed by atoms with van der Waals surface area (Å²) < 4.78 is 32.8. The van der Waals surface area contributed by atoms with E-state index < -0.39 is 10.0 Å². The second-order valence-corrected chi connectivity index (χ2v) is 11.3. The lowest BCUT2D eigenvalue weighted by Gasteiger charge is -2.34. The Morgan fingerprint density at radius 3 is 2.38 bits per heavy atom. The summed E-state index contributed by atoms with van der Waals surface area (Å²) in [5.74, 6) is 0.754. The van der Waals surface area contributed by atoms with Crippen LogP contribution < -0.4 is 0 Å². The van der Waals surface area contributed by atoms with Crippen molar-refractivity contribution in [1.29, 1.82) is 0 Å². The average molecular weight is 484 g/mol. The number of amides is 1. The van der Waals surface area contributed by atoms with Crippen LogP contribution in [0.25, 0.3) is 11.4 Å². The molecule has 1 aromatic carbocycles. The Balaban J connectivity index is 1.30. The first-order valence-electron chi connectivity index (χ1n) is 11.3. The number of rotatable bonds is 6. The molecule has 180 valence electrons. The lowest BCUT2D eigenvalue weighted by Crippen LogP contribution is -2.50. The van der Waals surface area contributed by atoms with Crippen molar-refractivity contribution in [2.45, 2.75) is 43.9 Å². The Hall–Kier alpha value is -3.11. The molecule has 4 rings (SSSR count). The van der Waals surface area contributed by atoms with Crippen LogP contribution in [0.3, 0.4) is 0 Å². The second-order valence-electron chi connectivity index (χ2n) is 9.31. The number of pyridine rings is 1. The summed E-state index contributed by atoms with van der Waals surface area (Å²) in [5, 5.41) is 3.94. The highest BCUT2D eigenvalue weighted by atomic mass is 32.2. The first kappa shape index (κ1) is 24.0. The lowest BCUT2D eigenvalue weighted by molar-refractivity contribution is -0.132. The number of hydrogen-bond donors (Lipinski definition) is 0. The van der Waals surface area contributed by atoms with Crippen LogP contribution in [0.4, 0.5) is 0 Å². The van der Waals surface area contributed by atoms with Gasteiger partial charge in [0.05, 0.1) is 4.90 Å². The SMILES string of the molecule is CC(C)(C)c1ccc(S(=O)(=O)N2CCN(C(=O)CCc3nc(-c4cccnc4)no3)CC2)cc1. The van der Waals surface area contributed by atoms with Crippen LogP contribution in [-0.2, 0) is 26.7 Å². The minimum Gasteiger partial charge on any atom is -0.340 e. The molecule has 34 heavy (non-hydrogen) atoms. The van der Waals surface area contributed by atoms with Crippen LogP contribution in [0.15, 0.2) is 58.2 Å². The molecule has 3 aromatic rings. The molecule has 0 bridgehead atoms. The summed E-state index contributed by atoms with van der Waals surface area (Å²) in [6, 6.07) is 10.7. The monoisotopic (exact) mass is 483 g/mol. The summed E-state index contributed by atoms with van der Waals surface area (Å²) >= 11 is 0. The number of hydrogen-bond acceptors (Lipinski definition) is 7. The van der Waals surface area contributed by atoms with Crippen molar-refractivity contribution >= 4 is 15.9 Å². The van der Waals surface area contributed by atoms with Gasteiger partial charge in [0, 0.05) is 57.0 Å². The van der Waals surface area contributed by atoms with Gasteiger partial charge in [0.25, 0.3) is 0 Å². The number of aryl methyl sites for hydroxylation is 1. The molecule has 1 saturated heterocycles. The molecule has 0 atom stereocenters. The predicted octanol–water partition coefficient (Wildman–Crippen LogP) is 2.89. The fraction of sp³-hybridized carbons (Fsp3) is 0.417. The van der Waals surface area contributed by atoms with Crippen molar-refractivity contribution in [3.05, 3.63) is 60.2 Å². The second kappa shape index (κ2) is 9.63. The van der Waals surface area contributed by atoms with E-state index in [0.29, 0.717) is 31.2 Å². The minimum absolute atomic E-state index is 0.0458. The summed E-state index contributed by atoms with van der Waals surface area (Å²) in [5.41, 5.74) is 1.78. The van der Waals surface area contributed by atoms with Crippen molar-refractivity contribution < 1.29 is 17.7 Å². The average Bonchev–Trinajstić information content (AvgIpc) is 3.32. The fourth-order valence-electron chi connectivity index (χ4n) is 3.79. The maximum Gasteiger partial charge on any atom is 0.243 e. The van der Waals surface area contributed by atoms with E-state index in [2.05, 4.69) is 35.9 Å². The molecular weight excluding hydrogens is 454 g/mol. The van der Waals surface area contributed by atoms with Crippen molar-refractivity contribution in [2.75, 3.05) is 26.2 Å². The lowest BCUT2D eigenvalue weighted by atomic mass is 9.87. The normalized spacial score (nSPS) is 15.4. The Labute approximate surface area is 199 Å². The maximum absolute atomic E-state index is 13.0. The van der Waals surface area contributed by atoms with E-state index in [1.807, 2.05) is 18.2 Å². The zero-order valence-electron chi connectivity index (χ0n) is 19.6. The molecule has 0 unspecified atom stereocenters. The molecular formula is C24H29N5O4S. The molecule has 10 heteroatoms. The predicted molar refractivity (Wildman–Crippen MR) is 126 cm³/mol. The van der Waals surface area contributed by atoms with Crippen molar-refractivity contribution in [2.24, 2.45) is 0 Å². The van der Waals surface area contributed by atoms with E-state index in [0.717, 1.165) is 11.1 Å². The van der Waals surface area contributed by atoms with E-state index >= 15 is 0 Å². The van der Waals surface area contributed by atoms with Gasteiger partial charge in [0.15, 0.2) is 0 Å². The molecule has 0 radical (unpaired) electrons. The number of aromatic nitrogens is 3. The molecule has 0 aliphatic carbocycles. The highest BCUT2D eigenvalue weighted by Gasteiger charge is 2.30. The third-order valence-electron chi connectivity index (χ3n) is 5.89. The largest absolute Gasteiger partial charge is 0.340 e. The van der Waals surface area contributed by atoms with Crippen LogP contribution >= 0.6 is 0 Å². The van der Waals surface area contributed by atoms with Crippen LogP contribution in [0.1, 0.15) is 38.6 Å². The summed E-state index contributed by atoms with van der Waals surface area (Å²) in [6.07, 6.45) is 3.85. The van der Waals surface area contributed by atoms with Crippen molar-refractivity contribution in [1.82, 2.24) is 24.3 Å². The molecule has 0 saturated carbocycles. The first-order valence-corrected chi connectivity index (χ1v) is 12.7. The topological polar surface area (TPSA) is 110 Å². The molecule has 9 nitrogen and oxygen atoms in total. The standard InChI is InChI=1S/C24H29N5O4S/c1-24(2,3)19-6-8-20(9-7-19)34(31,32)29-15-13-28(14-16-29)22(30)11-10-21-26-23(27-33-21)18-5-4-12-25-17-18/h4-9,12,17H,10-11,13-16H2,1-3H3. The third kappa shape index (κ3) is 5.34. The van der Waals surface area contributed by atoms with E-state index in [1.165, 1.54) is 4.31 Å². The van der Waals surface area contributed by atoms with Crippen molar-refractivity contribution in [3.8, 4) is 11.4 Å². The van der Waals surface area contributed by atoms with Gasteiger partial charge >= 0.3 is 0 Å². The van der Waals surface area contributed by atoms with Gasteiger partial charge in [-0.05, 0) is 35.2 Å². The minimum atomic E-state index is -3.60. The van der Waals surface area contributed by atoms with Gasteiger partial charge in [0.2, 0.25) is 27.6 Å². The fourth-order valence-corrected chi connectivity index (χ4v) is 5.22. The summed E-state index contributed by atoms with van der Waals surface area (Å²) in [7, 11) is -3.60. The Morgan fingerprint density at radius 2 is 1.76 bits per heavy atom. The van der Waals surface area contributed by atoms with Crippen LogP contribution in [0, 0.1) is 0 Å². The quantitative estimate of drug-likeness (QED) is 0.530. The highest BCUT2D eigenvalue weighted by Crippen LogP contribution is 2.25. The molecule has 1 aliphatic rings. The Bertz CT molecular complexity index is 1230. The van der Waals surface area contributed by atoms with Gasteiger partial charge in [-0.15, -0.1) is 0 Å². The first-order chi connectivity index (χ1) is 16.1. The van der Waals surface area contributed by atoms with Gasteiger partial charge in [-0.2, -0.15) is 9.29 Å². The zero-order valence-corrected chi connectivity index (χ0v) is 20.5. The number of benzene rings is 1. The van der Waals surface area contributed by atoms with Gasteiger partial charge < -0.3 is 9.42 Å². The van der Waals surface area contributed by atoms with Crippen molar-refractivity contribution in [3.63, 3.8) is 0 Å². The number of carbonyl (C=O) groups excluding carboxylic acids is 1. The summed E-state index contributed by atoms with van der Waals surface area (Å²) in [6.45, 7) is 7.49. The summed E-state index contributed by atoms with van der Waals surface area (Å²) in [4.78, 5) is 23.0. The molecule has 1 amide bonds. The van der Waals surface area contributed by atoms with Crippen LogP contribution in [0.5, 0.6) is 0 Å². The Kier molecular flexibility index (Phi) is 6.81. The van der Waals surface area contributed by atoms with E-state index in [-0.39, 0.29) is 35.7 Å². The molecule has 3 heterocycles. The molecule has 1 fully saturated rings. The third-order valence-corrected chi connectivity index (χ3v) is 7.80. The van der Waals surface area contributed by atoms with Gasteiger partial charge in [-0.1, -0.05) is 38.1 Å². The number of sulfonamides is 1. The number of piperazine rings is 1. The van der Waals surface area contributed by atoms with Crippen LogP contribution in [-0.4, -0.2) is 64.8 Å². The molecule has 0 spiro atoms. The Morgan fingerprint density at radius 1 is 1.06 bits per heavy atom. The zero-order chi connectivity index (χ0) is 24.3. The number of carbonyl (C=O) groups is 1. The molecule has 0 N–H and O–H groups in total. The smallest absolute Gasteiger partial charge is 0.243 e. The van der Waals surface area contributed by atoms with E-state index in [9.17, 15) is 13.2 Å². The highest BCUT2D eigenvalue weighted by molar-refractivity contribution is 7.89. The van der Waals surface area contributed by atoms with E-state index in [1.54, 1.807) is 35.5 Å². The molecule has 2 aromatic heterocycles. The number of nitrogens with zero attached hydrogens (tertiary/aromatic N) is 5. The van der Waals surface area contributed by atoms with Crippen LogP contribution in [0.2, 0.25) is 0 Å². The molecule has 1 aliphatic heterocycles. The van der Waals surface area contributed by atoms with Gasteiger partial charge in [-0.25, -0.2) is 8.42 Å². The van der Waals surface area contributed by atoms with Gasteiger partial charge in [0.1, 0.15) is 0 Å². The van der Waals surface area contributed by atoms with Gasteiger partial charge in [-0.3, -0.25) is 9.78 Å². The maximum atomic E-state index is 13.0. The van der Waals surface area contributed by atoms with E-state index in [4.69, 9.17) is 4.52 Å².